The number of aliphatic carboxylic acids is 1. The number of carboxylic acids is 1. The molecule has 0 aliphatic heterocycles. The number of hydrogen-bond donors (Lipinski definition) is 3. The molecule has 110 valence electrons. The molecule has 1 aromatic heterocycles. The number of thioether (sulfide) groups is 1. The average molecular weight is 300 g/mol. The van der Waals surface area contributed by atoms with Gasteiger partial charge >= 0.3 is 11.7 Å². The van der Waals surface area contributed by atoms with Crippen molar-refractivity contribution in [1.82, 2.24) is 20.1 Å². The van der Waals surface area contributed by atoms with Gasteiger partial charge in [-0.25, -0.2) is 9.89 Å². The van der Waals surface area contributed by atoms with E-state index >= 15 is 0 Å². The summed E-state index contributed by atoms with van der Waals surface area (Å²) < 4.78 is 1.36. The molecule has 1 aliphatic rings. The Morgan fingerprint density at radius 1 is 1.50 bits per heavy atom. The number of nitrogens with zero attached hydrogens (tertiary/aromatic N) is 2. The smallest absolute Gasteiger partial charge is 0.343 e. The molecule has 9 heteroatoms. The van der Waals surface area contributed by atoms with Crippen LogP contribution in [0.1, 0.15) is 25.7 Å². The molecule has 20 heavy (non-hydrogen) atoms. The zero-order chi connectivity index (χ0) is 14.5. The van der Waals surface area contributed by atoms with E-state index < -0.39 is 5.97 Å². The third kappa shape index (κ3) is 4.41. The molecule has 0 saturated heterocycles. The Labute approximate surface area is 118 Å². The van der Waals surface area contributed by atoms with E-state index in [0.717, 1.165) is 24.6 Å². The van der Waals surface area contributed by atoms with Gasteiger partial charge in [-0.05, 0) is 19.3 Å². The minimum absolute atomic E-state index is 0.0104. The van der Waals surface area contributed by atoms with E-state index in [2.05, 4.69) is 15.5 Å². The van der Waals surface area contributed by atoms with Gasteiger partial charge in [-0.1, -0.05) is 11.8 Å². The third-order valence-corrected chi connectivity index (χ3v) is 3.74. The minimum atomic E-state index is -0.971. The number of carboxylic acid groups (broad SMARTS) is 1. The zero-order valence-corrected chi connectivity index (χ0v) is 11.6. The van der Waals surface area contributed by atoms with Crippen molar-refractivity contribution in [1.29, 1.82) is 0 Å². The lowest BCUT2D eigenvalue weighted by Crippen LogP contribution is -2.26. The molecule has 0 unspecified atom stereocenters. The van der Waals surface area contributed by atoms with Gasteiger partial charge in [0.15, 0.2) is 5.16 Å². The molecular weight excluding hydrogens is 284 g/mol. The number of carbonyl (C=O) groups is 2. The van der Waals surface area contributed by atoms with Crippen LogP contribution in [0.15, 0.2) is 9.95 Å². The standard InChI is InChI=1S/C11H16N4O4S/c16-8(12-7-3-4-7)2-1-5-15-10(19)13-14-11(15)20-6-9(17)18/h7H,1-6H2,(H,12,16)(H,13,19)(H,17,18). The summed E-state index contributed by atoms with van der Waals surface area (Å²) in [5.41, 5.74) is -0.388. The number of amides is 1. The zero-order valence-electron chi connectivity index (χ0n) is 10.8. The Kier molecular flexibility index (Phi) is 4.83. The van der Waals surface area contributed by atoms with Crippen molar-refractivity contribution in [3.8, 4) is 0 Å². The molecule has 3 N–H and O–H groups in total. The second kappa shape index (κ2) is 6.60. The number of aromatic nitrogens is 3. The van der Waals surface area contributed by atoms with Gasteiger partial charge in [0.1, 0.15) is 0 Å². The molecule has 1 saturated carbocycles. The van der Waals surface area contributed by atoms with E-state index in [-0.39, 0.29) is 17.3 Å². The van der Waals surface area contributed by atoms with E-state index in [4.69, 9.17) is 5.11 Å². The topological polar surface area (TPSA) is 117 Å². The first-order chi connectivity index (χ1) is 9.56. The van der Waals surface area contributed by atoms with E-state index in [1.54, 1.807) is 0 Å². The average Bonchev–Trinajstić information content (AvgIpc) is 3.12. The van der Waals surface area contributed by atoms with Crippen LogP contribution in [0.5, 0.6) is 0 Å². The van der Waals surface area contributed by atoms with Crippen molar-refractivity contribution >= 4 is 23.6 Å². The van der Waals surface area contributed by atoms with Gasteiger partial charge in [0.25, 0.3) is 0 Å². The highest BCUT2D eigenvalue weighted by atomic mass is 32.2. The predicted octanol–water partition coefficient (Wildman–Crippen LogP) is -0.193. The largest absolute Gasteiger partial charge is 0.481 e. The van der Waals surface area contributed by atoms with Crippen molar-refractivity contribution in [2.24, 2.45) is 0 Å². The van der Waals surface area contributed by atoms with E-state index in [1.807, 2.05) is 0 Å². The summed E-state index contributed by atoms with van der Waals surface area (Å²) >= 11 is 0.976. The second-order valence-corrected chi connectivity index (χ2v) is 5.53. The third-order valence-electron chi connectivity index (χ3n) is 2.78. The Morgan fingerprint density at radius 2 is 2.25 bits per heavy atom. The second-order valence-electron chi connectivity index (χ2n) is 4.59. The van der Waals surface area contributed by atoms with Crippen molar-refractivity contribution in [3.63, 3.8) is 0 Å². The van der Waals surface area contributed by atoms with Crippen LogP contribution in [-0.2, 0) is 16.1 Å². The fourth-order valence-electron chi connectivity index (χ4n) is 1.66. The monoisotopic (exact) mass is 300 g/mol. The van der Waals surface area contributed by atoms with Crippen molar-refractivity contribution < 1.29 is 14.7 Å². The number of nitrogens with one attached hydrogen (secondary N) is 2. The molecule has 1 fully saturated rings. The Balaban J connectivity index is 1.81. The molecule has 1 amide bonds. The fraction of sp³-hybridized carbons (Fsp3) is 0.636. The Morgan fingerprint density at radius 3 is 2.90 bits per heavy atom. The van der Waals surface area contributed by atoms with Crippen LogP contribution in [0.25, 0.3) is 0 Å². The van der Waals surface area contributed by atoms with Gasteiger partial charge in [-0.3, -0.25) is 14.2 Å². The lowest BCUT2D eigenvalue weighted by molar-refractivity contribution is -0.134. The Bertz CT molecular complexity index is 549. The van der Waals surface area contributed by atoms with E-state index in [1.165, 1.54) is 4.57 Å². The normalized spacial score (nSPS) is 14.2. The number of hydrogen-bond acceptors (Lipinski definition) is 5. The summed E-state index contributed by atoms with van der Waals surface area (Å²) in [5, 5.41) is 17.9. The quantitative estimate of drug-likeness (QED) is 0.573. The first-order valence-electron chi connectivity index (χ1n) is 6.35. The number of rotatable bonds is 8. The van der Waals surface area contributed by atoms with Crippen LogP contribution in [-0.4, -0.2) is 43.5 Å². The number of carbonyl (C=O) groups excluding carboxylic acids is 1. The van der Waals surface area contributed by atoms with Gasteiger partial charge in [0.05, 0.1) is 5.75 Å². The molecule has 0 spiro atoms. The highest BCUT2D eigenvalue weighted by Gasteiger charge is 2.22. The Hall–Kier alpha value is -1.77. The summed E-state index contributed by atoms with van der Waals surface area (Å²) in [6.07, 6.45) is 2.95. The van der Waals surface area contributed by atoms with E-state index in [9.17, 15) is 14.4 Å². The van der Waals surface area contributed by atoms with Crippen LogP contribution in [0, 0.1) is 0 Å². The van der Waals surface area contributed by atoms with Gasteiger partial charge in [0, 0.05) is 19.0 Å². The summed E-state index contributed by atoms with van der Waals surface area (Å²) in [6, 6.07) is 0.334. The number of H-pyrrole nitrogens is 1. The number of aromatic amines is 1. The molecular formula is C11H16N4O4S. The molecule has 8 nitrogen and oxygen atoms in total. The molecule has 2 rings (SSSR count). The maximum Gasteiger partial charge on any atom is 0.343 e. The fourth-order valence-corrected chi connectivity index (χ4v) is 2.35. The van der Waals surface area contributed by atoms with Gasteiger partial charge in [0.2, 0.25) is 5.91 Å². The van der Waals surface area contributed by atoms with Crippen LogP contribution >= 0.6 is 11.8 Å². The highest BCUT2D eigenvalue weighted by Crippen LogP contribution is 2.19. The highest BCUT2D eigenvalue weighted by molar-refractivity contribution is 7.99. The summed E-state index contributed by atoms with van der Waals surface area (Å²) in [7, 11) is 0. The summed E-state index contributed by atoms with van der Waals surface area (Å²) in [4.78, 5) is 33.5. The lowest BCUT2D eigenvalue weighted by atomic mass is 10.3. The summed E-state index contributed by atoms with van der Waals surface area (Å²) in [5.74, 6) is -1.14. The first-order valence-corrected chi connectivity index (χ1v) is 7.34. The molecule has 0 atom stereocenters. The molecule has 1 heterocycles. The predicted molar refractivity (Wildman–Crippen MR) is 71.6 cm³/mol. The molecule has 0 aromatic carbocycles. The maximum atomic E-state index is 11.5. The molecule has 1 aromatic rings. The van der Waals surface area contributed by atoms with E-state index in [0.29, 0.717) is 30.6 Å². The van der Waals surface area contributed by atoms with Crippen molar-refractivity contribution in [3.05, 3.63) is 10.5 Å². The van der Waals surface area contributed by atoms with Crippen molar-refractivity contribution in [2.75, 3.05) is 5.75 Å². The van der Waals surface area contributed by atoms with Gasteiger partial charge in [-0.2, -0.15) is 0 Å². The molecule has 0 radical (unpaired) electrons. The first kappa shape index (κ1) is 14.6. The SMILES string of the molecule is O=C(O)CSc1n[nH]c(=O)n1CCCC(=O)NC1CC1. The van der Waals surface area contributed by atoms with Crippen molar-refractivity contribution in [2.45, 2.75) is 43.4 Å². The van der Waals surface area contributed by atoms with Crippen LogP contribution in [0.3, 0.4) is 0 Å². The molecule has 0 bridgehead atoms. The lowest BCUT2D eigenvalue weighted by Gasteiger charge is -2.05. The van der Waals surface area contributed by atoms with Crippen LogP contribution in [0.4, 0.5) is 0 Å². The van der Waals surface area contributed by atoms with Gasteiger partial charge in [-0.15, -0.1) is 5.10 Å². The maximum absolute atomic E-state index is 11.5. The van der Waals surface area contributed by atoms with Crippen LogP contribution in [0.2, 0.25) is 0 Å². The minimum Gasteiger partial charge on any atom is -0.481 e. The summed E-state index contributed by atoms with van der Waals surface area (Å²) in [6.45, 7) is 0.343. The van der Waals surface area contributed by atoms with Crippen LogP contribution < -0.4 is 11.0 Å². The molecule has 1 aliphatic carbocycles. The van der Waals surface area contributed by atoms with Gasteiger partial charge < -0.3 is 10.4 Å².